The fourth-order valence-corrected chi connectivity index (χ4v) is 9.12. The second-order valence-electron chi connectivity index (χ2n) is 16.3. The summed E-state index contributed by atoms with van der Waals surface area (Å²) >= 11 is 0. The minimum Gasteiger partial charge on any atom is -0.472 e. The number of carbonyl (C=O) groups is 4. The van der Waals surface area contributed by atoms with Gasteiger partial charge in [-0.15, -0.1) is 0 Å². The number of para-hydroxylation sites is 1. The Hall–Kier alpha value is -4.46. The van der Waals surface area contributed by atoms with Gasteiger partial charge in [0.25, 0.3) is 5.91 Å². The third kappa shape index (κ3) is 8.58. The van der Waals surface area contributed by atoms with Crippen molar-refractivity contribution in [3.63, 3.8) is 0 Å². The van der Waals surface area contributed by atoms with Gasteiger partial charge in [-0.1, -0.05) is 69.2 Å². The monoisotopic (exact) mass is 761 g/mol. The minimum atomic E-state index is -3.88. The van der Waals surface area contributed by atoms with Crippen molar-refractivity contribution in [3.05, 3.63) is 54.1 Å². The van der Waals surface area contributed by atoms with Crippen LogP contribution >= 0.6 is 0 Å². The van der Waals surface area contributed by atoms with Crippen molar-refractivity contribution in [1.82, 2.24) is 25.2 Å². The lowest BCUT2D eigenvalue weighted by atomic mass is 9.88. The zero-order valence-electron chi connectivity index (χ0n) is 31.1. The number of carbonyl (C=O) groups excluding carboxylic acids is 4. The number of fused-ring (bicyclic) bond motifs is 5. The van der Waals surface area contributed by atoms with Crippen molar-refractivity contribution < 1.29 is 37.1 Å². The van der Waals surface area contributed by atoms with Gasteiger partial charge in [0.15, 0.2) is 0 Å². The van der Waals surface area contributed by atoms with Crippen LogP contribution in [0.2, 0.25) is 0 Å². The van der Waals surface area contributed by atoms with Gasteiger partial charge >= 0.3 is 6.09 Å². The van der Waals surface area contributed by atoms with Crippen LogP contribution in [-0.4, -0.2) is 84.2 Å². The number of pyridine rings is 1. The predicted molar refractivity (Wildman–Crippen MR) is 203 cm³/mol. The lowest BCUT2D eigenvalue weighted by Gasteiger charge is -2.30. The first-order chi connectivity index (χ1) is 25.8. The summed E-state index contributed by atoms with van der Waals surface area (Å²) in [6.07, 6.45) is 13.5. The largest absolute Gasteiger partial charge is 0.472 e. The molecule has 5 aliphatic rings. The number of amides is 4. The fourth-order valence-electron chi connectivity index (χ4n) is 7.76. The number of hydrogen-bond donors (Lipinski definition) is 3. The molecule has 14 heteroatoms. The van der Waals surface area contributed by atoms with E-state index in [9.17, 15) is 27.6 Å². The Morgan fingerprint density at radius 3 is 2.63 bits per heavy atom. The second kappa shape index (κ2) is 15.3. The Labute approximate surface area is 316 Å². The van der Waals surface area contributed by atoms with E-state index in [1.165, 1.54) is 4.90 Å². The highest BCUT2D eigenvalue weighted by Gasteiger charge is 2.62. The molecule has 290 valence electrons. The Morgan fingerprint density at radius 1 is 1.02 bits per heavy atom. The van der Waals surface area contributed by atoms with E-state index in [4.69, 9.17) is 14.5 Å². The molecule has 0 unspecified atom stereocenters. The van der Waals surface area contributed by atoms with Crippen LogP contribution in [0.25, 0.3) is 17.0 Å². The molecular weight excluding hydrogens is 711 g/mol. The number of nitrogens with zero attached hydrogens (tertiary/aromatic N) is 2. The molecule has 1 aromatic heterocycles. The van der Waals surface area contributed by atoms with Crippen molar-refractivity contribution in [3.8, 4) is 5.88 Å². The molecule has 1 saturated heterocycles. The number of cyclic esters (lactones) is 1. The summed E-state index contributed by atoms with van der Waals surface area (Å²) in [6.45, 7) is 4.27. The molecule has 2 aromatic rings. The van der Waals surface area contributed by atoms with Crippen LogP contribution in [0.3, 0.4) is 0 Å². The average Bonchev–Trinajstić information content (AvgIpc) is 4.06. The van der Waals surface area contributed by atoms with E-state index in [-0.39, 0.29) is 31.4 Å². The molecule has 3 fully saturated rings. The normalized spacial score (nSPS) is 29.5. The molecule has 2 saturated carbocycles. The van der Waals surface area contributed by atoms with Crippen LogP contribution in [0.15, 0.2) is 48.6 Å². The molecule has 2 aliphatic carbocycles. The topological polar surface area (TPSA) is 173 Å². The number of allylic oxidation sites excluding steroid dienone is 2. The maximum absolute atomic E-state index is 14.6. The molecule has 0 radical (unpaired) electrons. The highest BCUT2D eigenvalue weighted by molar-refractivity contribution is 7.91. The number of hydrogen-bond acceptors (Lipinski definition) is 9. The lowest BCUT2D eigenvalue weighted by molar-refractivity contribution is -0.141. The minimum absolute atomic E-state index is 0.0213. The Kier molecular flexibility index (Phi) is 10.8. The van der Waals surface area contributed by atoms with Gasteiger partial charge < -0.3 is 25.0 Å². The molecule has 4 heterocycles. The standard InChI is InChI=1S/C40H51N5O8S/c1-39(2)20-12-6-7-14-27-21-26-13-10-11-16-31(26)41-35(27)53-29-22-33-34(46)43-40(37(48)44-54(50,51)30-18-19-30)23-28(40)15-8-4-3-5-9-17-32(36(47)45(33)24-29)42-38(49)52-25-39/h7-8,10-11,13-16,21,28-30,32-33H,3-6,9,12,17-20,22-25H2,1-2H3,(H,42,49)(H,43,46)(H,44,48)/t28-,29-,32+,33+,40-/m1/s1. The second-order valence-corrected chi connectivity index (χ2v) is 18.3. The first-order valence-electron chi connectivity index (χ1n) is 19.4. The molecule has 5 atom stereocenters. The summed E-state index contributed by atoms with van der Waals surface area (Å²) < 4.78 is 40.2. The maximum Gasteiger partial charge on any atom is 0.407 e. The Bertz CT molecular complexity index is 1960. The smallest absolute Gasteiger partial charge is 0.407 e. The summed E-state index contributed by atoms with van der Waals surface area (Å²) in [7, 11) is -3.88. The summed E-state index contributed by atoms with van der Waals surface area (Å²) in [5.74, 6) is -1.87. The van der Waals surface area contributed by atoms with Gasteiger partial charge in [0.2, 0.25) is 27.7 Å². The molecule has 4 amide bonds. The van der Waals surface area contributed by atoms with Crippen LogP contribution in [0.1, 0.15) is 96.5 Å². The van der Waals surface area contributed by atoms with Crippen molar-refractivity contribution >= 4 is 50.8 Å². The molecule has 7 rings (SSSR count). The predicted octanol–water partition coefficient (Wildman–Crippen LogP) is 4.90. The molecule has 3 aliphatic heterocycles. The zero-order valence-corrected chi connectivity index (χ0v) is 31.9. The number of aromatic nitrogens is 1. The van der Waals surface area contributed by atoms with Crippen molar-refractivity contribution in [2.45, 2.75) is 120 Å². The highest BCUT2D eigenvalue weighted by atomic mass is 32.2. The van der Waals surface area contributed by atoms with Crippen LogP contribution < -0.4 is 20.1 Å². The van der Waals surface area contributed by atoms with Crippen molar-refractivity contribution in [2.24, 2.45) is 11.3 Å². The van der Waals surface area contributed by atoms with E-state index in [1.54, 1.807) is 0 Å². The van der Waals surface area contributed by atoms with Gasteiger partial charge in [-0.25, -0.2) is 18.2 Å². The molecular formula is C40H51N5O8S. The number of nitrogens with one attached hydrogen (secondary N) is 3. The van der Waals surface area contributed by atoms with E-state index in [0.29, 0.717) is 38.0 Å². The molecule has 3 bridgehead atoms. The van der Waals surface area contributed by atoms with Crippen molar-refractivity contribution in [2.75, 3.05) is 13.2 Å². The molecule has 54 heavy (non-hydrogen) atoms. The molecule has 13 nitrogen and oxygen atoms in total. The zero-order chi connectivity index (χ0) is 38.1. The first-order valence-corrected chi connectivity index (χ1v) is 20.9. The number of alkyl carbamates (subject to hydrolysis) is 1. The number of benzene rings is 1. The average molecular weight is 762 g/mol. The Morgan fingerprint density at radius 2 is 1.81 bits per heavy atom. The Balaban J connectivity index is 1.24. The number of rotatable bonds is 3. The fraction of sp³-hybridized carbons (Fsp3) is 0.575. The summed E-state index contributed by atoms with van der Waals surface area (Å²) in [5, 5.41) is 6.04. The quantitative estimate of drug-likeness (QED) is 0.368. The van der Waals surface area contributed by atoms with E-state index >= 15 is 0 Å². The summed E-state index contributed by atoms with van der Waals surface area (Å²) in [4.78, 5) is 62.2. The van der Waals surface area contributed by atoms with Crippen molar-refractivity contribution in [1.29, 1.82) is 0 Å². The van der Waals surface area contributed by atoms with Gasteiger partial charge in [-0.2, -0.15) is 0 Å². The van der Waals surface area contributed by atoms with Crippen LogP contribution in [0.4, 0.5) is 4.79 Å². The number of ether oxygens (including phenoxy) is 2. The third-order valence-corrected chi connectivity index (χ3v) is 13.1. The van der Waals surface area contributed by atoms with E-state index < -0.39 is 68.7 Å². The van der Waals surface area contributed by atoms with Gasteiger partial charge in [0, 0.05) is 23.3 Å². The van der Waals surface area contributed by atoms with Gasteiger partial charge in [-0.3, -0.25) is 19.1 Å². The summed E-state index contributed by atoms with van der Waals surface area (Å²) in [5.41, 5.74) is -0.286. The van der Waals surface area contributed by atoms with Crippen LogP contribution in [0, 0.1) is 11.3 Å². The lowest BCUT2D eigenvalue weighted by Crippen LogP contribution is -2.58. The molecule has 1 aromatic carbocycles. The third-order valence-electron chi connectivity index (χ3n) is 11.2. The van der Waals surface area contributed by atoms with Gasteiger partial charge in [0.1, 0.15) is 23.7 Å². The van der Waals surface area contributed by atoms with Crippen LogP contribution in [-0.2, 0) is 29.1 Å². The highest BCUT2D eigenvalue weighted by Crippen LogP contribution is 2.46. The van der Waals surface area contributed by atoms with Crippen LogP contribution in [0.5, 0.6) is 5.88 Å². The first kappa shape index (κ1) is 37.8. The SMILES string of the molecule is CC1(C)CCCC=Cc2cc3ccccc3nc2O[C@@H]2C[C@H]3C(=O)N[C@]4(C(=O)NS(=O)(=O)C5CC5)C[C@H]4C=CCCCCC[C@H](NC(=O)OC1)C(=O)N3C2. The van der Waals surface area contributed by atoms with E-state index in [0.717, 1.165) is 48.6 Å². The van der Waals surface area contributed by atoms with Gasteiger partial charge in [0.05, 0.1) is 23.9 Å². The van der Waals surface area contributed by atoms with Gasteiger partial charge in [-0.05, 0) is 75.3 Å². The molecule has 3 N–H and O–H groups in total. The maximum atomic E-state index is 14.6. The molecule has 0 spiro atoms. The summed E-state index contributed by atoms with van der Waals surface area (Å²) in [6, 6.07) is 7.69. The van der Waals surface area contributed by atoms with E-state index in [1.807, 2.05) is 62.4 Å². The number of sulfonamides is 1. The van der Waals surface area contributed by atoms with E-state index in [2.05, 4.69) is 21.4 Å².